The summed E-state index contributed by atoms with van der Waals surface area (Å²) in [6.45, 7) is 3.22. The van der Waals surface area contributed by atoms with E-state index < -0.39 is 5.97 Å². The quantitative estimate of drug-likeness (QED) is 0.838. The molecule has 1 N–H and O–H groups in total. The highest BCUT2D eigenvalue weighted by atomic mass is 16.5. The summed E-state index contributed by atoms with van der Waals surface area (Å²) in [5, 5.41) is 8.98. The van der Waals surface area contributed by atoms with Crippen LogP contribution in [0.1, 0.15) is 31.7 Å². The van der Waals surface area contributed by atoms with Crippen LogP contribution in [-0.4, -0.2) is 47.7 Å². The van der Waals surface area contributed by atoms with Gasteiger partial charge in [-0.1, -0.05) is 37.3 Å². The molecule has 2 atom stereocenters. The van der Waals surface area contributed by atoms with Crippen LogP contribution in [0.3, 0.4) is 0 Å². The topological polar surface area (TPSA) is 66.8 Å². The number of carboxylic acid groups (broad SMARTS) is 1. The zero-order chi connectivity index (χ0) is 16.7. The summed E-state index contributed by atoms with van der Waals surface area (Å²) in [7, 11) is 0. The molecule has 2 unspecified atom stereocenters. The number of aryl methyl sites for hydroxylation is 1. The number of nitrogens with zero attached hydrogens (tertiary/aromatic N) is 1. The van der Waals surface area contributed by atoms with Crippen molar-refractivity contribution in [1.82, 2.24) is 4.90 Å². The maximum Gasteiger partial charge on any atom is 0.305 e. The molecule has 0 aliphatic carbocycles. The zero-order valence-electron chi connectivity index (χ0n) is 13.6. The van der Waals surface area contributed by atoms with Gasteiger partial charge in [0.05, 0.1) is 25.7 Å². The number of hydrogen-bond acceptors (Lipinski definition) is 3. The van der Waals surface area contributed by atoms with E-state index in [1.54, 1.807) is 4.90 Å². The van der Waals surface area contributed by atoms with Crippen molar-refractivity contribution in [1.29, 1.82) is 0 Å². The van der Waals surface area contributed by atoms with Gasteiger partial charge in [-0.05, 0) is 24.8 Å². The summed E-state index contributed by atoms with van der Waals surface area (Å²) < 4.78 is 5.32. The highest BCUT2D eigenvalue weighted by molar-refractivity contribution is 5.79. The number of carboxylic acids is 1. The Labute approximate surface area is 137 Å². The summed E-state index contributed by atoms with van der Waals surface area (Å²) in [5.74, 6) is -0.934. The van der Waals surface area contributed by atoms with Gasteiger partial charge in [0.2, 0.25) is 5.91 Å². The fraction of sp³-hybridized carbons (Fsp3) is 0.556. The zero-order valence-corrected chi connectivity index (χ0v) is 13.6. The number of carbonyl (C=O) groups is 2. The largest absolute Gasteiger partial charge is 0.481 e. The summed E-state index contributed by atoms with van der Waals surface area (Å²) in [4.78, 5) is 25.2. The molecule has 0 spiro atoms. The number of hydrogen-bond donors (Lipinski definition) is 1. The molecule has 5 nitrogen and oxygen atoms in total. The Morgan fingerprint density at radius 1 is 1.35 bits per heavy atom. The number of morpholine rings is 1. The van der Waals surface area contributed by atoms with E-state index in [1.165, 1.54) is 5.56 Å². The van der Waals surface area contributed by atoms with E-state index in [9.17, 15) is 9.59 Å². The lowest BCUT2D eigenvalue weighted by atomic mass is 9.98. The van der Waals surface area contributed by atoms with Crippen molar-refractivity contribution in [3.05, 3.63) is 35.9 Å². The molecule has 1 aliphatic rings. The number of benzene rings is 1. The monoisotopic (exact) mass is 319 g/mol. The Kier molecular flexibility index (Phi) is 6.59. The van der Waals surface area contributed by atoms with Gasteiger partial charge in [0.1, 0.15) is 0 Å². The molecule has 1 amide bonds. The van der Waals surface area contributed by atoms with Crippen LogP contribution < -0.4 is 0 Å². The van der Waals surface area contributed by atoms with Crippen molar-refractivity contribution in [2.24, 2.45) is 5.92 Å². The molecule has 0 saturated carbocycles. The molecule has 2 rings (SSSR count). The Hall–Kier alpha value is -1.88. The van der Waals surface area contributed by atoms with Gasteiger partial charge in [0, 0.05) is 12.5 Å². The Morgan fingerprint density at radius 3 is 2.78 bits per heavy atom. The summed E-state index contributed by atoms with van der Waals surface area (Å²) in [5.41, 5.74) is 1.28. The van der Waals surface area contributed by atoms with Crippen molar-refractivity contribution in [2.45, 2.75) is 38.6 Å². The summed E-state index contributed by atoms with van der Waals surface area (Å²) >= 11 is 0. The number of carbonyl (C=O) groups excluding carboxylic acids is 1. The molecule has 1 aromatic rings. The van der Waals surface area contributed by atoms with Crippen molar-refractivity contribution >= 4 is 11.9 Å². The van der Waals surface area contributed by atoms with Crippen LogP contribution in [-0.2, 0) is 20.7 Å². The van der Waals surface area contributed by atoms with E-state index in [1.807, 2.05) is 25.1 Å². The second-order valence-electron chi connectivity index (χ2n) is 6.14. The van der Waals surface area contributed by atoms with Gasteiger partial charge in [-0.25, -0.2) is 0 Å². The van der Waals surface area contributed by atoms with Crippen molar-refractivity contribution in [3.63, 3.8) is 0 Å². The lowest BCUT2D eigenvalue weighted by Crippen LogP contribution is -2.51. The lowest BCUT2D eigenvalue weighted by Gasteiger charge is -2.36. The lowest BCUT2D eigenvalue weighted by molar-refractivity contribution is -0.148. The van der Waals surface area contributed by atoms with Gasteiger partial charge in [0.25, 0.3) is 0 Å². The van der Waals surface area contributed by atoms with Crippen molar-refractivity contribution in [2.75, 3.05) is 19.8 Å². The van der Waals surface area contributed by atoms with Gasteiger partial charge >= 0.3 is 5.97 Å². The number of aliphatic carboxylic acids is 1. The highest BCUT2D eigenvalue weighted by Crippen LogP contribution is 2.18. The van der Waals surface area contributed by atoms with Crippen LogP contribution in [0, 0.1) is 5.92 Å². The fourth-order valence-corrected chi connectivity index (χ4v) is 2.98. The van der Waals surface area contributed by atoms with Crippen molar-refractivity contribution < 1.29 is 19.4 Å². The van der Waals surface area contributed by atoms with Gasteiger partial charge in [0.15, 0.2) is 0 Å². The van der Waals surface area contributed by atoms with E-state index >= 15 is 0 Å². The minimum absolute atomic E-state index is 0.0487. The minimum atomic E-state index is -0.893. The van der Waals surface area contributed by atoms with Crippen LogP contribution >= 0.6 is 0 Å². The third-order valence-corrected chi connectivity index (χ3v) is 4.29. The van der Waals surface area contributed by atoms with Crippen LogP contribution in [0.5, 0.6) is 0 Å². The molecule has 1 aromatic carbocycles. The molecular weight excluding hydrogens is 294 g/mol. The van der Waals surface area contributed by atoms with Crippen molar-refractivity contribution in [3.8, 4) is 0 Å². The molecule has 0 bridgehead atoms. The van der Waals surface area contributed by atoms with Gasteiger partial charge < -0.3 is 14.7 Å². The SMILES string of the molecule is CC(CCCc1ccccc1)C(=O)N1CCOCC1CC(=O)O. The average Bonchev–Trinajstić information content (AvgIpc) is 2.55. The number of rotatable bonds is 7. The first-order valence-corrected chi connectivity index (χ1v) is 8.22. The van der Waals surface area contributed by atoms with Crippen LogP contribution in [0.25, 0.3) is 0 Å². The first-order valence-electron chi connectivity index (χ1n) is 8.22. The standard InChI is InChI=1S/C18H25NO4/c1-14(6-5-9-15-7-3-2-4-8-15)18(22)19-10-11-23-13-16(19)12-17(20)21/h2-4,7-8,14,16H,5-6,9-13H2,1H3,(H,20,21). The van der Waals surface area contributed by atoms with Crippen LogP contribution in [0.4, 0.5) is 0 Å². The predicted molar refractivity (Wildman–Crippen MR) is 87.1 cm³/mol. The second-order valence-corrected chi connectivity index (χ2v) is 6.14. The van der Waals surface area contributed by atoms with E-state index in [-0.39, 0.29) is 24.3 Å². The van der Waals surface area contributed by atoms with Gasteiger partial charge in [-0.3, -0.25) is 9.59 Å². The molecule has 1 heterocycles. The molecule has 5 heteroatoms. The average molecular weight is 319 g/mol. The second kappa shape index (κ2) is 8.67. The third-order valence-electron chi connectivity index (χ3n) is 4.29. The molecule has 1 aliphatic heterocycles. The molecular formula is C18H25NO4. The first-order chi connectivity index (χ1) is 11.1. The maximum absolute atomic E-state index is 12.6. The minimum Gasteiger partial charge on any atom is -0.481 e. The molecule has 1 fully saturated rings. The van der Waals surface area contributed by atoms with Gasteiger partial charge in [-0.15, -0.1) is 0 Å². The molecule has 126 valence electrons. The summed E-state index contributed by atoms with van der Waals surface area (Å²) in [6, 6.07) is 9.89. The number of ether oxygens (including phenoxy) is 1. The molecule has 0 aromatic heterocycles. The Bertz CT molecular complexity index is 517. The summed E-state index contributed by atoms with van der Waals surface area (Å²) in [6.07, 6.45) is 2.67. The first kappa shape index (κ1) is 17.5. The maximum atomic E-state index is 12.6. The Balaban J connectivity index is 1.83. The van der Waals surface area contributed by atoms with E-state index in [4.69, 9.17) is 9.84 Å². The van der Waals surface area contributed by atoms with Crippen LogP contribution in [0.2, 0.25) is 0 Å². The molecule has 1 saturated heterocycles. The Morgan fingerprint density at radius 2 is 2.09 bits per heavy atom. The predicted octanol–water partition coefficient (Wildman–Crippen LogP) is 2.35. The smallest absolute Gasteiger partial charge is 0.305 e. The number of amides is 1. The van der Waals surface area contributed by atoms with E-state index in [0.717, 1.165) is 19.3 Å². The molecule has 23 heavy (non-hydrogen) atoms. The fourth-order valence-electron chi connectivity index (χ4n) is 2.98. The van der Waals surface area contributed by atoms with E-state index in [0.29, 0.717) is 19.8 Å². The third kappa shape index (κ3) is 5.36. The highest BCUT2D eigenvalue weighted by Gasteiger charge is 2.31. The van der Waals surface area contributed by atoms with Gasteiger partial charge in [-0.2, -0.15) is 0 Å². The molecule has 0 radical (unpaired) electrons. The van der Waals surface area contributed by atoms with Crippen LogP contribution in [0.15, 0.2) is 30.3 Å². The van der Waals surface area contributed by atoms with E-state index in [2.05, 4.69) is 12.1 Å². The normalized spacial score (nSPS) is 19.3.